The third-order valence-electron chi connectivity index (χ3n) is 3.75. The van der Waals surface area contributed by atoms with Gasteiger partial charge in [0.2, 0.25) is 0 Å². The van der Waals surface area contributed by atoms with Crippen LogP contribution in [0.25, 0.3) is 16.2 Å². The molecule has 1 amide bonds. The van der Waals surface area contributed by atoms with Crippen molar-refractivity contribution < 1.29 is 4.79 Å². The molecule has 1 N–H and O–H groups in total. The minimum atomic E-state index is -0.371. The molecule has 7 heteroatoms. The van der Waals surface area contributed by atoms with Crippen molar-refractivity contribution in [1.82, 2.24) is 14.7 Å². The summed E-state index contributed by atoms with van der Waals surface area (Å²) in [5.41, 5.74) is 1.07. The van der Waals surface area contributed by atoms with Crippen molar-refractivity contribution in [3.8, 4) is 11.3 Å². The number of halogens is 1. The number of rotatable bonds is 3. The second kappa shape index (κ2) is 5.47. The van der Waals surface area contributed by atoms with Gasteiger partial charge in [-0.25, -0.2) is 4.98 Å². The molecule has 0 spiro atoms. The van der Waals surface area contributed by atoms with E-state index in [-0.39, 0.29) is 23.1 Å². The Morgan fingerprint density at radius 1 is 1.35 bits per heavy atom. The molecule has 5 nitrogen and oxygen atoms in total. The van der Waals surface area contributed by atoms with Gasteiger partial charge in [-0.1, -0.05) is 29.8 Å². The molecule has 3 aromatic rings. The Bertz CT molecular complexity index is 975. The molecule has 0 radical (unpaired) electrons. The third-order valence-corrected chi connectivity index (χ3v) is 4.92. The molecule has 4 rings (SSSR count). The van der Waals surface area contributed by atoms with E-state index in [1.165, 1.54) is 21.9 Å². The number of benzene rings is 1. The lowest BCUT2D eigenvalue weighted by molar-refractivity contribution is 0.0949. The number of hydrogen-bond acceptors (Lipinski definition) is 4. The summed E-state index contributed by atoms with van der Waals surface area (Å²) in [6.07, 6.45) is 3.28. The zero-order valence-electron chi connectivity index (χ0n) is 12.0. The van der Waals surface area contributed by atoms with Crippen LogP contribution in [0.4, 0.5) is 0 Å². The fourth-order valence-electron chi connectivity index (χ4n) is 2.40. The highest BCUT2D eigenvalue weighted by molar-refractivity contribution is 7.15. The van der Waals surface area contributed by atoms with E-state index in [2.05, 4.69) is 10.3 Å². The zero-order valence-corrected chi connectivity index (χ0v) is 13.5. The maximum Gasteiger partial charge on any atom is 0.271 e. The Kier molecular flexibility index (Phi) is 3.43. The first kappa shape index (κ1) is 14.4. The number of aromatic nitrogens is 2. The van der Waals surface area contributed by atoms with Gasteiger partial charge in [-0.2, -0.15) is 0 Å². The summed E-state index contributed by atoms with van der Waals surface area (Å²) in [5, 5.41) is 5.20. The highest BCUT2D eigenvalue weighted by atomic mass is 35.5. The largest absolute Gasteiger partial charge is 0.349 e. The van der Waals surface area contributed by atoms with Gasteiger partial charge in [-0.3, -0.25) is 14.0 Å². The topological polar surface area (TPSA) is 63.5 Å². The van der Waals surface area contributed by atoms with Crippen LogP contribution in [-0.2, 0) is 0 Å². The van der Waals surface area contributed by atoms with E-state index in [0.717, 1.165) is 18.4 Å². The summed E-state index contributed by atoms with van der Waals surface area (Å²) in [6, 6.07) is 7.48. The summed E-state index contributed by atoms with van der Waals surface area (Å²) < 4.78 is 1.45. The van der Waals surface area contributed by atoms with E-state index in [1.807, 2.05) is 23.6 Å². The SMILES string of the molecule is O=C(NC1CC1)c1cnc2scc(-c3ccccc3Cl)n2c1=O. The molecular formula is C16H12ClN3O2S. The van der Waals surface area contributed by atoms with Crippen LogP contribution >= 0.6 is 22.9 Å². The maximum absolute atomic E-state index is 12.8. The highest BCUT2D eigenvalue weighted by Gasteiger charge is 2.26. The van der Waals surface area contributed by atoms with Crippen molar-refractivity contribution in [3.05, 3.63) is 56.8 Å². The van der Waals surface area contributed by atoms with E-state index >= 15 is 0 Å². The number of nitrogens with one attached hydrogen (secondary N) is 1. The average molecular weight is 346 g/mol. The van der Waals surface area contributed by atoms with Crippen molar-refractivity contribution in [3.63, 3.8) is 0 Å². The number of carbonyl (C=O) groups excluding carboxylic acids is 1. The van der Waals surface area contributed by atoms with Crippen molar-refractivity contribution >= 4 is 33.8 Å². The van der Waals surface area contributed by atoms with Crippen LogP contribution in [0.5, 0.6) is 0 Å². The molecule has 2 aromatic heterocycles. The number of carbonyl (C=O) groups is 1. The highest BCUT2D eigenvalue weighted by Crippen LogP contribution is 2.30. The normalized spacial score (nSPS) is 14.1. The van der Waals surface area contributed by atoms with Crippen LogP contribution in [0, 0.1) is 0 Å². The predicted octanol–water partition coefficient (Wildman–Crippen LogP) is 2.97. The van der Waals surface area contributed by atoms with Gasteiger partial charge >= 0.3 is 0 Å². The number of thiazole rings is 1. The lowest BCUT2D eigenvalue weighted by Crippen LogP contribution is -2.32. The quantitative estimate of drug-likeness (QED) is 0.793. The average Bonchev–Trinajstić information content (AvgIpc) is 3.24. The summed E-state index contributed by atoms with van der Waals surface area (Å²) in [4.78, 5) is 29.8. The van der Waals surface area contributed by atoms with Gasteiger partial charge < -0.3 is 5.32 Å². The molecule has 0 atom stereocenters. The maximum atomic E-state index is 12.8. The Balaban J connectivity index is 1.89. The lowest BCUT2D eigenvalue weighted by atomic mass is 10.2. The molecule has 0 aliphatic heterocycles. The van der Waals surface area contributed by atoms with Crippen molar-refractivity contribution in [2.75, 3.05) is 0 Å². The van der Waals surface area contributed by atoms with Gasteiger partial charge in [0.05, 0.1) is 5.69 Å². The molecular weight excluding hydrogens is 334 g/mol. The summed E-state index contributed by atoms with van der Waals surface area (Å²) >= 11 is 7.58. The minimum Gasteiger partial charge on any atom is -0.349 e. The van der Waals surface area contributed by atoms with E-state index in [4.69, 9.17) is 11.6 Å². The molecule has 2 heterocycles. The first-order valence-electron chi connectivity index (χ1n) is 7.20. The first-order valence-corrected chi connectivity index (χ1v) is 8.46. The zero-order chi connectivity index (χ0) is 16.0. The second-order valence-corrected chi connectivity index (χ2v) is 6.69. The molecule has 1 aliphatic carbocycles. The van der Waals surface area contributed by atoms with Crippen molar-refractivity contribution in [2.45, 2.75) is 18.9 Å². The summed E-state index contributed by atoms with van der Waals surface area (Å²) in [7, 11) is 0. The van der Waals surface area contributed by atoms with Gasteiger partial charge in [-0.15, -0.1) is 11.3 Å². The molecule has 1 fully saturated rings. The van der Waals surface area contributed by atoms with Crippen LogP contribution in [0.1, 0.15) is 23.2 Å². The lowest BCUT2D eigenvalue weighted by Gasteiger charge is -2.06. The van der Waals surface area contributed by atoms with Crippen molar-refractivity contribution in [2.24, 2.45) is 0 Å². The van der Waals surface area contributed by atoms with Gasteiger partial charge in [-0.05, 0) is 18.9 Å². The minimum absolute atomic E-state index is 0.0566. The predicted molar refractivity (Wildman–Crippen MR) is 90.3 cm³/mol. The Labute approximate surface area is 140 Å². The van der Waals surface area contributed by atoms with Crippen LogP contribution in [-0.4, -0.2) is 21.3 Å². The molecule has 1 aliphatic rings. The third kappa shape index (κ3) is 2.54. The molecule has 0 bridgehead atoms. The van der Waals surface area contributed by atoms with E-state index in [9.17, 15) is 9.59 Å². The van der Waals surface area contributed by atoms with Crippen molar-refractivity contribution in [1.29, 1.82) is 0 Å². The molecule has 0 unspecified atom stereocenters. The van der Waals surface area contributed by atoms with E-state index in [1.54, 1.807) is 6.07 Å². The molecule has 1 saturated carbocycles. The van der Waals surface area contributed by atoms with Gasteiger partial charge in [0.25, 0.3) is 11.5 Å². The molecule has 1 aromatic carbocycles. The Morgan fingerprint density at radius 2 is 2.13 bits per heavy atom. The fraction of sp³-hybridized carbons (Fsp3) is 0.188. The van der Waals surface area contributed by atoms with Crippen LogP contribution < -0.4 is 10.9 Å². The monoisotopic (exact) mass is 345 g/mol. The van der Waals surface area contributed by atoms with E-state index in [0.29, 0.717) is 15.7 Å². The fourth-order valence-corrected chi connectivity index (χ4v) is 3.48. The second-order valence-electron chi connectivity index (χ2n) is 5.44. The molecule has 0 saturated heterocycles. The standard InChI is InChI=1S/C16H12ClN3O2S/c17-12-4-2-1-3-10(12)13-8-23-16-18-7-11(15(22)20(13)16)14(21)19-9-5-6-9/h1-4,7-9H,5-6H2,(H,19,21). The first-order chi connectivity index (χ1) is 11.1. The molecule has 116 valence electrons. The smallest absolute Gasteiger partial charge is 0.271 e. The molecule has 23 heavy (non-hydrogen) atoms. The number of hydrogen-bond donors (Lipinski definition) is 1. The number of amides is 1. The number of fused-ring (bicyclic) bond motifs is 1. The van der Waals surface area contributed by atoms with Gasteiger partial charge in [0.15, 0.2) is 4.96 Å². The van der Waals surface area contributed by atoms with Crippen LogP contribution in [0.2, 0.25) is 5.02 Å². The number of nitrogens with zero attached hydrogens (tertiary/aromatic N) is 2. The van der Waals surface area contributed by atoms with Gasteiger partial charge in [0, 0.05) is 28.2 Å². The van der Waals surface area contributed by atoms with Crippen LogP contribution in [0.3, 0.4) is 0 Å². The van der Waals surface area contributed by atoms with Gasteiger partial charge in [0.1, 0.15) is 5.56 Å². The van der Waals surface area contributed by atoms with E-state index < -0.39 is 0 Å². The Hall–Kier alpha value is -2.18. The summed E-state index contributed by atoms with van der Waals surface area (Å²) in [6.45, 7) is 0. The summed E-state index contributed by atoms with van der Waals surface area (Å²) in [5.74, 6) is -0.365. The van der Waals surface area contributed by atoms with Crippen LogP contribution in [0.15, 0.2) is 40.6 Å². The Morgan fingerprint density at radius 3 is 2.87 bits per heavy atom.